The highest BCUT2D eigenvalue weighted by Gasteiger charge is 2.28. The van der Waals surface area contributed by atoms with Gasteiger partial charge in [0, 0.05) is 38.4 Å². The van der Waals surface area contributed by atoms with Crippen LogP contribution in [0.25, 0.3) is 0 Å². The number of hydrogen-bond donors (Lipinski definition) is 0. The van der Waals surface area contributed by atoms with Crippen molar-refractivity contribution in [3.05, 3.63) is 23.9 Å². The Kier molecular flexibility index (Phi) is 4.22. The van der Waals surface area contributed by atoms with Crippen LogP contribution in [0.4, 0.5) is 5.82 Å². The van der Waals surface area contributed by atoms with Crippen molar-refractivity contribution in [1.82, 2.24) is 9.88 Å². The first-order valence-electron chi connectivity index (χ1n) is 7.75. The molecular formula is C16H25N3O. The molecule has 4 nitrogen and oxygen atoms in total. The Bertz CT molecular complexity index is 443. The van der Waals surface area contributed by atoms with Gasteiger partial charge in [-0.2, -0.15) is 0 Å². The van der Waals surface area contributed by atoms with Gasteiger partial charge in [-0.05, 0) is 44.4 Å². The van der Waals surface area contributed by atoms with E-state index in [9.17, 15) is 0 Å². The third kappa shape index (κ3) is 3.13. The topological polar surface area (TPSA) is 28.6 Å². The SMILES string of the molecule is Cc1ccnc(N2CCC(N3CCO[C@H](C)C3)CC2)c1. The number of anilines is 1. The monoisotopic (exact) mass is 275 g/mol. The predicted molar refractivity (Wildman–Crippen MR) is 81.2 cm³/mol. The van der Waals surface area contributed by atoms with E-state index in [1.165, 1.54) is 18.4 Å². The van der Waals surface area contributed by atoms with E-state index in [1.807, 2.05) is 6.20 Å². The molecule has 2 saturated heterocycles. The minimum atomic E-state index is 0.389. The molecule has 0 aromatic carbocycles. The fraction of sp³-hybridized carbons (Fsp3) is 0.688. The highest BCUT2D eigenvalue weighted by atomic mass is 16.5. The van der Waals surface area contributed by atoms with Gasteiger partial charge in [-0.3, -0.25) is 4.90 Å². The van der Waals surface area contributed by atoms with E-state index in [0.29, 0.717) is 6.10 Å². The number of nitrogens with zero attached hydrogens (tertiary/aromatic N) is 3. The first-order valence-corrected chi connectivity index (χ1v) is 7.75. The molecule has 0 spiro atoms. The molecule has 2 fully saturated rings. The molecule has 0 N–H and O–H groups in total. The zero-order chi connectivity index (χ0) is 13.9. The zero-order valence-corrected chi connectivity index (χ0v) is 12.6. The van der Waals surface area contributed by atoms with Crippen LogP contribution in [0.15, 0.2) is 18.3 Å². The smallest absolute Gasteiger partial charge is 0.128 e. The van der Waals surface area contributed by atoms with E-state index in [2.05, 4.69) is 40.8 Å². The highest BCUT2D eigenvalue weighted by molar-refractivity contribution is 5.41. The summed E-state index contributed by atoms with van der Waals surface area (Å²) in [6, 6.07) is 4.98. The second kappa shape index (κ2) is 6.10. The molecule has 1 aromatic heterocycles. The number of piperidine rings is 1. The van der Waals surface area contributed by atoms with Crippen molar-refractivity contribution in [2.75, 3.05) is 37.7 Å². The van der Waals surface area contributed by atoms with Crippen LogP contribution in [0.1, 0.15) is 25.3 Å². The van der Waals surface area contributed by atoms with E-state index in [4.69, 9.17) is 4.74 Å². The number of aryl methyl sites for hydroxylation is 1. The highest BCUT2D eigenvalue weighted by Crippen LogP contribution is 2.23. The summed E-state index contributed by atoms with van der Waals surface area (Å²) in [5, 5.41) is 0. The van der Waals surface area contributed by atoms with Gasteiger partial charge in [-0.25, -0.2) is 4.98 Å². The van der Waals surface area contributed by atoms with Crippen molar-refractivity contribution in [2.45, 2.75) is 38.8 Å². The largest absolute Gasteiger partial charge is 0.376 e. The van der Waals surface area contributed by atoms with Gasteiger partial charge in [-0.15, -0.1) is 0 Å². The summed E-state index contributed by atoms with van der Waals surface area (Å²) in [6.45, 7) is 9.62. The molecular weight excluding hydrogens is 250 g/mol. The molecule has 1 aromatic rings. The Balaban J connectivity index is 1.56. The second-order valence-electron chi connectivity index (χ2n) is 6.09. The molecule has 0 amide bonds. The molecule has 0 unspecified atom stereocenters. The normalized spacial score (nSPS) is 25.9. The summed E-state index contributed by atoms with van der Waals surface area (Å²) in [5.74, 6) is 1.14. The quantitative estimate of drug-likeness (QED) is 0.826. The molecule has 2 aliphatic rings. The van der Waals surface area contributed by atoms with E-state index in [-0.39, 0.29) is 0 Å². The molecule has 2 aliphatic heterocycles. The van der Waals surface area contributed by atoms with Crippen LogP contribution in [-0.2, 0) is 4.74 Å². The average Bonchev–Trinajstić information content (AvgIpc) is 2.47. The van der Waals surface area contributed by atoms with Gasteiger partial charge < -0.3 is 9.64 Å². The molecule has 3 rings (SSSR count). The first kappa shape index (κ1) is 13.8. The van der Waals surface area contributed by atoms with Crippen molar-refractivity contribution in [1.29, 1.82) is 0 Å². The Morgan fingerprint density at radius 2 is 2.05 bits per heavy atom. The van der Waals surface area contributed by atoms with Crippen LogP contribution in [0.3, 0.4) is 0 Å². The minimum Gasteiger partial charge on any atom is -0.376 e. The maximum atomic E-state index is 5.64. The lowest BCUT2D eigenvalue weighted by atomic mass is 10.0. The molecule has 20 heavy (non-hydrogen) atoms. The molecule has 1 atom stereocenters. The summed E-state index contributed by atoms with van der Waals surface area (Å²) in [5.41, 5.74) is 1.29. The molecule has 0 bridgehead atoms. The van der Waals surface area contributed by atoms with Crippen LogP contribution < -0.4 is 4.90 Å². The van der Waals surface area contributed by atoms with Gasteiger partial charge in [0.2, 0.25) is 0 Å². The fourth-order valence-electron chi connectivity index (χ4n) is 3.33. The van der Waals surface area contributed by atoms with Crippen LogP contribution in [0, 0.1) is 6.92 Å². The van der Waals surface area contributed by atoms with Crippen LogP contribution in [-0.4, -0.2) is 54.8 Å². The lowest BCUT2D eigenvalue weighted by Gasteiger charge is -2.42. The summed E-state index contributed by atoms with van der Waals surface area (Å²) in [6.07, 6.45) is 4.78. The number of rotatable bonds is 2. The van der Waals surface area contributed by atoms with Gasteiger partial charge in [0.1, 0.15) is 5.82 Å². The van der Waals surface area contributed by atoms with E-state index in [1.54, 1.807) is 0 Å². The first-order chi connectivity index (χ1) is 9.72. The van der Waals surface area contributed by atoms with E-state index in [0.717, 1.165) is 44.6 Å². The van der Waals surface area contributed by atoms with Crippen molar-refractivity contribution in [3.63, 3.8) is 0 Å². The minimum absolute atomic E-state index is 0.389. The number of pyridine rings is 1. The molecule has 4 heteroatoms. The fourth-order valence-corrected chi connectivity index (χ4v) is 3.33. The van der Waals surface area contributed by atoms with Crippen molar-refractivity contribution in [2.24, 2.45) is 0 Å². The van der Waals surface area contributed by atoms with Gasteiger partial charge in [-0.1, -0.05) is 0 Å². The summed E-state index contributed by atoms with van der Waals surface area (Å²) in [7, 11) is 0. The Morgan fingerprint density at radius 3 is 2.75 bits per heavy atom. The maximum absolute atomic E-state index is 5.64. The summed E-state index contributed by atoms with van der Waals surface area (Å²) in [4.78, 5) is 9.55. The lowest BCUT2D eigenvalue weighted by molar-refractivity contribution is -0.0373. The van der Waals surface area contributed by atoms with Gasteiger partial charge in [0.25, 0.3) is 0 Å². The Morgan fingerprint density at radius 1 is 1.25 bits per heavy atom. The van der Waals surface area contributed by atoms with E-state index < -0.39 is 0 Å². The number of hydrogen-bond acceptors (Lipinski definition) is 4. The number of aromatic nitrogens is 1. The number of ether oxygens (including phenoxy) is 1. The maximum Gasteiger partial charge on any atom is 0.128 e. The van der Waals surface area contributed by atoms with Crippen molar-refractivity contribution >= 4 is 5.82 Å². The number of morpholine rings is 1. The van der Waals surface area contributed by atoms with Gasteiger partial charge in [0.05, 0.1) is 12.7 Å². The molecule has 0 saturated carbocycles. The predicted octanol–water partition coefficient (Wildman–Crippen LogP) is 2.08. The third-order valence-electron chi connectivity index (χ3n) is 4.48. The second-order valence-corrected chi connectivity index (χ2v) is 6.09. The third-order valence-corrected chi connectivity index (χ3v) is 4.48. The Labute approximate surface area is 121 Å². The van der Waals surface area contributed by atoms with Crippen LogP contribution >= 0.6 is 0 Å². The zero-order valence-electron chi connectivity index (χ0n) is 12.6. The Hall–Kier alpha value is -1.13. The van der Waals surface area contributed by atoms with E-state index >= 15 is 0 Å². The lowest BCUT2D eigenvalue weighted by Crippen LogP contribution is -2.51. The van der Waals surface area contributed by atoms with Crippen molar-refractivity contribution < 1.29 is 4.74 Å². The van der Waals surface area contributed by atoms with Crippen molar-refractivity contribution in [3.8, 4) is 0 Å². The molecule has 3 heterocycles. The summed E-state index contributed by atoms with van der Waals surface area (Å²) < 4.78 is 5.64. The molecule has 110 valence electrons. The van der Waals surface area contributed by atoms with Gasteiger partial charge in [0.15, 0.2) is 0 Å². The average molecular weight is 275 g/mol. The van der Waals surface area contributed by atoms with Crippen LogP contribution in [0.2, 0.25) is 0 Å². The summed E-state index contributed by atoms with van der Waals surface area (Å²) >= 11 is 0. The molecule has 0 aliphatic carbocycles. The van der Waals surface area contributed by atoms with Crippen LogP contribution in [0.5, 0.6) is 0 Å². The standard InChI is InChI=1S/C16H25N3O/c1-13-3-6-17-16(11-13)18-7-4-15(5-8-18)19-9-10-20-14(2)12-19/h3,6,11,14-15H,4-5,7-10,12H2,1-2H3/t14-/m1/s1. The molecule has 0 radical (unpaired) electrons. The van der Waals surface area contributed by atoms with Gasteiger partial charge >= 0.3 is 0 Å².